The van der Waals surface area contributed by atoms with E-state index in [-0.39, 0.29) is 23.1 Å². The van der Waals surface area contributed by atoms with Crippen molar-refractivity contribution in [3.05, 3.63) is 68.7 Å². The molecule has 21 heavy (non-hydrogen) atoms. The predicted molar refractivity (Wildman–Crippen MR) is 78.9 cm³/mol. The molecule has 0 aromatic heterocycles. The molecule has 0 unspecified atom stereocenters. The number of carbonyl (C=O) groups excluding carboxylic acids is 1. The Bertz CT molecular complexity index is 683. The number of ether oxygens (including phenoxy) is 1. The molecule has 2 aromatic rings. The van der Waals surface area contributed by atoms with Crippen LogP contribution in [0.15, 0.2) is 42.5 Å². The maximum absolute atomic E-state index is 11.2. The molecular weight excluding hydrogens is 294 g/mol. The molecule has 5 nitrogen and oxygen atoms in total. The van der Waals surface area contributed by atoms with Crippen molar-refractivity contribution in [3.63, 3.8) is 0 Å². The summed E-state index contributed by atoms with van der Waals surface area (Å²) in [5.41, 5.74) is 1.20. The molecule has 0 aliphatic heterocycles. The van der Waals surface area contributed by atoms with Gasteiger partial charge >= 0.3 is 0 Å². The van der Waals surface area contributed by atoms with E-state index >= 15 is 0 Å². The Hall–Kier alpha value is -2.40. The van der Waals surface area contributed by atoms with Crippen LogP contribution in [-0.4, -0.2) is 10.7 Å². The lowest BCUT2D eigenvalue weighted by Gasteiger charge is -2.08. The summed E-state index contributed by atoms with van der Waals surface area (Å²) in [5, 5.41) is 10.9. The lowest BCUT2D eigenvalue weighted by Crippen LogP contribution is -1.98. The summed E-state index contributed by atoms with van der Waals surface area (Å²) in [5.74, 6) is 0.578. The number of carbonyl (C=O) groups is 1. The molecule has 0 bridgehead atoms. The van der Waals surface area contributed by atoms with Gasteiger partial charge in [-0.3, -0.25) is 14.9 Å². The highest BCUT2D eigenvalue weighted by Crippen LogP contribution is 2.24. The number of ketones is 1. The normalized spacial score (nSPS) is 10.2. The molecule has 0 saturated carbocycles. The Morgan fingerprint density at radius 1 is 1.24 bits per heavy atom. The highest BCUT2D eigenvalue weighted by atomic mass is 35.5. The van der Waals surface area contributed by atoms with Gasteiger partial charge in [-0.15, -0.1) is 0 Å². The van der Waals surface area contributed by atoms with Crippen LogP contribution in [0, 0.1) is 10.1 Å². The van der Waals surface area contributed by atoms with Crippen molar-refractivity contribution in [1.82, 2.24) is 0 Å². The zero-order chi connectivity index (χ0) is 15.4. The molecule has 6 heteroatoms. The number of hydrogen-bond donors (Lipinski definition) is 0. The molecule has 2 rings (SSSR count). The summed E-state index contributed by atoms with van der Waals surface area (Å²) in [6, 6.07) is 11.0. The summed E-state index contributed by atoms with van der Waals surface area (Å²) < 4.78 is 5.54. The smallest absolute Gasteiger partial charge is 0.270 e. The van der Waals surface area contributed by atoms with E-state index < -0.39 is 4.92 Å². The maximum Gasteiger partial charge on any atom is 0.270 e. The molecule has 0 N–H and O–H groups in total. The average molecular weight is 306 g/mol. The second-order valence-electron chi connectivity index (χ2n) is 4.40. The van der Waals surface area contributed by atoms with Crippen molar-refractivity contribution in [2.45, 2.75) is 13.5 Å². The number of hydrogen-bond acceptors (Lipinski definition) is 4. The lowest BCUT2D eigenvalue weighted by molar-refractivity contribution is -0.384. The largest absolute Gasteiger partial charge is 0.489 e. The van der Waals surface area contributed by atoms with Gasteiger partial charge in [-0.1, -0.05) is 11.6 Å². The maximum atomic E-state index is 11.2. The van der Waals surface area contributed by atoms with Crippen molar-refractivity contribution in [2.24, 2.45) is 0 Å². The van der Waals surface area contributed by atoms with Gasteiger partial charge < -0.3 is 4.74 Å². The van der Waals surface area contributed by atoms with Gasteiger partial charge in [0.1, 0.15) is 12.4 Å². The van der Waals surface area contributed by atoms with Crippen LogP contribution >= 0.6 is 11.6 Å². The molecule has 0 fully saturated rings. The zero-order valence-corrected chi connectivity index (χ0v) is 12.0. The van der Waals surface area contributed by atoms with Crippen molar-refractivity contribution in [3.8, 4) is 5.75 Å². The molecule has 0 atom stereocenters. The Labute approximate surface area is 126 Å². The van der Waals surface area contributed by atoms with Crippen LogP contribution in [0.2, 0.25) is 5.02 Å². The van der Waals surface area contributed by atoms with Crippen molar-refractivity contribution in [2.75, 3.05) is 0 Å². The number of Topliss-reactive ketones (excluding diaryl/α,β-unsaturated/α-hetero) is 1. The fourth-order valence-corrected chi connectivity index (χ4v) is 1.94. The fourth-order valence-electron chi connectivity index (χ4n) is 1.71. The third-order valence-electron chi connectivity index (χ3n) is 2.90. The molecule has 0 radical (unpaired) electrons. The summed E-state index contributed by atoms with van der Waals surface area (Å²) in [6.07, 6.45) is 0. The van der Waals surface area contributed by atoms with Gasteiger partial charge in [-0.25, -0.2) is 0 Å². The van der Waals surface area contributed by atoms with E-state index in [1.165, 1.54) is 19.1 Å². The van der Waals surface area contributed by atoms with Gasteiger partial charge in [-0.05, 0) is 37.3 Å². The first-order valence-corrected chi connectivity index (χ1v) is 6.52. The molecular formula is C15H12ClNO4. The van der Waals surface area contributed by atoms with Crippen molar-refractivity contribution < 1.29 is 14.5 Å². The summed E-state index contributed by atoms with van der Waals surface area (Å²) in [7, 11) is 0. The minimum absolute atomic E-state index is 0.0139. The molecule has 0 spiro atoms. The van der Waals surface area contributed by atoms with Gasteiger partial charge in [0.2, 0.25) is 0 Å². The third kappa shape index (κ3) is 3.79. The Balaban J connectivity index is 2.06. The van der Waals surface area contributed by atoms with Gasteiger partial charge in [0.05, 0.1) is 9.95 Å². The summed E-state index contributed by atoms with van der Waals surface area (Å²) in [6.45, 7) is 1.68. The number of benzene rings is 2. The molecule has 0 heterocycles. The van der Waals surface area contributed by atoms with Crippen LogP contribution in [0.4, 0.5) is 5.69 Å². The minimum atomic E-state index is -0.503. The SMILES string of the molecule is CC(=O)c1ccc(OCc2ccc([N+](=O)[O-])cc2Cl)cc1. The Morgan fingerprint density at radius 3 is 2.43 bits per heavy atom. The highest BCUT2D eigenvalue weighted by Gasteiger charge is 2.10. The lowest BCUT2D eigenvalue weighted by atomic mass is 10.1. The minimum Gasteiger partial charge on any atom is -0.489 e. The van der Waals surface area contributed by atoms with Crippen LogP contribution in [0.5, 0.6) is 5.75 Å². The predicted octanol–water partition coefficient (Wildman–Crippen LogP) is 4.03. The molecule has 108 valence electrons. The topological polar surface area (TPSA) is 69.4 Å². The Kier molecular flexibility index (Phi) is 4.55. The van der Waals surface area contributed by atoms with E-state index in [0.717, 1.165) is 0 Å². The fraction of sp³-hybridized carbons (Fsp3) is 0.133. The van der Waals surface area contributed by atoms with Crippen LogP contribution in [-0.2, 0) is 6.61 Å². The average Bonchev–Trinajstić information content (AvgIpc) is 2.46. The third-order valence-corrected chi connectivity index (χ3v) is 3.25. The molecule has 0 aliphatic rings. The Morgan fingerprint density at radius 2 is 1.90 bits per heavy atom. The van der Waals surface area contributed by atoms with E-state index in [1.807, 2.05) is 0 Å². The first-order chi connectivity index (χ1) is 9.97. The summed E-state index contributed by atoms with van der Waals surface area (Å²) >= 11 is 5.98. The molecule has 0 amide bonds. The van der Waals surface area contributed by atoms with Gasteiger partial charge in [0, 0.05) is 23.3 Å². The van der Waals surface area contributed by atoms with Crippen molar-refractivity contribution in [1.29, 1.82) is 0 Å². The molecule has 0 saturated heterocycles. The zero-order valence-electron chi connectivity index (χ0n) is 11.2. The standard InChI is InChI=1S/C15H12ClNO4/c1-10(18)11-3-6-14(7-4-11)21-9-12-2-5-13(17(19)20)8-15(12)16/h2-8H,9H2,1H3. The van der Waals surface area contributed by atoms with E-state index in [0.29, 0.717) is 16.9 Å². The highest BCUT2D eigenvalue weighted by molar-refractivity contribution is 6.31. The number of nitro groups is 1. The number of nitro benzene ring substituents is 1. The van der Waals surface area contributed by atoms with Gasteiger partial charge in [0.15, 0.2) is 5.78 Å². The molecule has 0 aliphatic carbocycles. The van der Waals surface area contributed by atoms with E-state index in [2.05, 4.69) is 0 Å². The van der Waals surface area contributed by atoms with Gasteiger partial charge in [0.25, 0.3) is 5.69 Å². The summed E-state index contributed by atoms with van der Waals surface area (Å²) in [4.78, 5) is 21.3. The van der Waals surface area contributed by atoms with E-state index in [4.69, 9.17) is 16.3 Å². The van der Waals surface area contributed by atoms with Gasteiger partial charge in [-0.2, -0.15) is 0 Å². The second kappa shape index (κ2) is 6.37. The van der Waals surface area contributed by atoms with Crippen LogP contribution < -0.4 is 4.74 Å². The molecule has 2 aromatic carbocycles. The van der Waals surface area contributed by atoms with Crippen LogP contribution in [0.3, 0.4) is 0 Å². The first-order valence-electron chi connectivity index (χ1n) is 6.14. The number of halogens is 1. The van der Waals surface area contributed by atoms with E-state index in [1.54, 1.807) is 30.3 Å². The monoisotopic (exact) mass is 305 g/mol. The van der Waals surface area contributed by atoms with Crippen LogP contribution in [0.25, 0.3) is 0 Å². The quantitative estimate of drug-likeness (QED) is 0.475. The number of nitrogens with zero attached hydrogens (tertiary/aromatic N) is 1. The second-order valence-corrected chi connectivity index (χ2v) is 4.81. The number of rotatable bonds is 5. The number of non-ortho nitro benzene ring substituents is 1. The van der Waals surface area contributed by atoms with Crippen molar-refractivity contribution >= 4 is 23.1 Å². The first kappa shape index (κ1) is 15.0. The van der Waals surface area contributed by atoms with E-state index in [9.17, 15) is 14.9 Å². The van der Waals surface area contributed by atoms with Crippen LogP contribution in [0.1, 0.15) is 22.8 Å².